The normalized spacial score (nSPS) is 10.7. The Morgan fingerprint density at radius 1 is 1.17 bits per heavy atom. The van der Waals surface area contributed by atoms with Gasteiger partial charge in [-0.25, -0.2) is 4.98 Å². The Hall–Kier alpha value is -2.04. The number of aromatic nitrogens is 2. The van der Waals surface area contributed by atoms with Crippen LogP contribution >= 0.6 is 23.4 Å². The van der Waals surface area contributed by atoms with Gasteiger partial charge in [0, 0.05) is 23.2 Å². The fourth-order valence-corrected chi connectivity index (χ4v) is 3.30. The van der Waals surface area contributed by atoms with Gasteiger partial charge in [0.05, 0.1) is 5.69 Å². The van der Waals surface area contributed by atoms with Gasteiger partial charge >= 0.3 is 0 Å². The van der Waals surface area contributed by atoms with Crippen LogP contribution in [0.15, 0.2) is 70.7 Å². The first-order valence-corrected chi connectivity index (χ1v) is 8.52. The number of rotatable bonds is 4. The van der Waals surface area contributed by atoms with Crippen LogP contribution in [0, 0.1) is 6.92 Å². The zero-order valence-corrected chi connectivity index (χ0v) is 14.1. The summed E-state index contributed by atoms with van der Waals surface area (Å²) in [5, 5.41) is 1.08. The Morgan fingerprint density at radius 2 is 2.00 bits per heavy atom. The zero-order chi connectivity index (χ0) is 16.2. The number of hydrogen-bond donors (Lipinski definition) is 0. The highest BCUT2D eigenvalue weighted by atomic mass is 35.5. The van der Waals surface area contributed by atoms with Gasteiger partial charge in [0.25, 0.3) is 5.56 Å². The van der Waals surface area contributed by atoms with E-state index >= 15 is 0 Å². The molecule has 0 spiro atoms. The Labute approximate surface area is 144 Å². The van der Waals surface area contributed by atoms with Crippen LogP contribution < -0.4 is 5.56 Å². The quantitative estimate of drug-likeness (QED) is 0.655. The number of aryl methyl sites for hydroxylation is 1. The second kappa shape index (κ2) is 7.02. The number of halogens is 1. The zero-order valence-electron chi connectivity index (χ0n) is 12.6. The molecule has 3 nitrogen and oxygen atoms in total. The highest BCUT2D eigenvalue weighted by Gasteiger charge is 2.08. The fraction of sp³-hybridized carbons (Fsp3) is 0.111. The standard InChI is InChI=1S/C18H15ClN2OS/c1-13-4-2-5-14(10-13)12-23-17-18(22)21(9-8-20-17)16-7-3-6-15(19)11-16/h2-11H,12H2,1H3. The third kappa shape index (κ3) is 3.84. The van der Waals surface area contributed by atoms with Crippen molar-refractivity contribution in [3.63, 3.8) is 0 Å². The summed E-state index contributed by atoms with van der Waals surface area (Å²) >= 11 is 7.45. The molecule has 1 aromatic heterocycles. The van der Waals surface area contributed by atoms with Gasteiger partial charge in [-0.1, -0.05) is 59.3 Å². The Morgan fingerprint density at radius 3 is 2.78 bits per heavy atom. The first-order chi connectivity index (χ1) is 11.1. The summed E-state index contributed by atoms with van der Waals surface area (Å²) < 4.78 is 1.57. The van der Waals surface area contributed by atoms with Crippen molar-refractivity contribution in [2.45, 2.75) is 17.7 Å². The molecule has 0 amide bonds. The molecule has 0 N–H and O–H groups in total. The highest BCUT2D eigenvalue weighted by molar-refractivity contribution is 7.98. The first-order valence-electron chi connectivity index (χ1n) is 7.15. The molecular formula is C18H15ClN2OS. The van der Waals surface area contributed by atoms with E-state index in [1.807, 2.05) is 18.2 Å². The molecule has 5 heteroatoms. The maximum atomic E-state index is 12.6. The molecule has 1 heterocycles. The van der Waals surface area contributed by atoms with E-state index in [4.69, 9.17) is 11.6 Å². The number of benzene rings is 2. The van der Waals surface area contributed by atoms with Crippen molar-refractivity contribution in [2.24, 2.45) is 0 Å². The Bertz CT molecular complexity index is 892. The molecule has 0 aliphatic carbocycles. The van der Waals surface area contributed by atoms with Crippen LogP contribution in [0.1, 0.15) is 11.1 Å². The lowest BCUT2D eigenvalue weighted by atomic mass is 10.2. The van der Waals surface area contributed by atoms with Crippen molar-refractivity contribution in [3.8, 4) is 5.69 Å². The Kier molecular flexibility index (Phi) is 4.84. The van der Waals surface area contributed by atoms with E-state index in [9.17, 15) is 4.79 Å². The van der Waals surface area contributed by atoms with Crippen LogP contribution in [0.25, 0.3) is 5.69 Å². The lowest BCUT2D eigenvalue weighted by Gasteiger charge is -2.08. The van der Waals surface area contributed by atoms with E-state index in [2.05, 4.69) is 30.1 Å². The van der Waals surface area contributed by atoms with Gasteiger partial charge in [0.1, 0.15) is 0 Å². The SMILES string of the molecule is Cc1cccc(CSc2nccn(-c3cccc(Cl)c3)c2=O)c1. The van der Waals surface area contributed by atoms with Crippen molar-refractivity contribution in [1.82, 2.24) is 9.55 Å². The van der Waals surface area contributed by atoms with Crippen molar-refractivity contribution in [2.75, 3.05) is 0 Å². The van der Waals surface area contributed by atoms with Crippen LogP contribution in [0.4, 0.5) is 0 Å². The fourth-order valence-electron chi connectivity index (χ4n) is 2.28. The predicted molar refractivity (Wildman–Crippen MR) is 95.6 cm³/mol. The average molecular weight is 343 g/mol. The van der Waals surface area contributed by atoms with Gasteiger partial charge in [-0.3, -0.25) is 9.36 Å². The lowest BCUT2D eigenvalue weighted by Crippen LogP contribution is -2.20. The largest absolute Gasteiger partial charge is 0.287 e. The van der Waals surface area contributed by atoms with E-state index in [-0.39, 0.29) is 5.56 Å². The van der Waals surface area contributed by atoms with Gasteiger partial charge in [0.2, 0.25) is 0 Å². The van der Waals surface area contributed by atoms with Crippen molar-refractivity contribution in [1.29, 1.82) is 0 Å². The third-order valence-electron chi connectivity index (χ3n) is 3.35. The van der Waals surface area contributed by atoms with Crippen LogP contribution in [0.5, 0.6) is 0 Å². The Balaban J connectivity index is 1.87. The number of nitrogens with zero attached hydrogens (tertiary/aromatic N) is 2. The molecule has 0 saturated heterocycles. The molecule has 3 rings (SSSR count). The second-order valence-electron chi connectivity index (χ2n) is 5.17. The summed E-state index contributed by atoms with van der Waals surface area (Å²) in [6, 6.07) is 15.5. The third-order valence-corrected chi connectivity index (χ3v) is 4.62. The molecule has 2 aromatic carbocycles. The number of thioether (sulfide) groups is 1. The van der Waals surface area contributed by atoms with Crippen LogP contribution in [0.2, 0.25) is 5.02 Å². The average Bonchev–Trinajstić information content (AvgIpc) is 2.54. The van der Waals surface area contributed by atoms with Gasteiger partial charge in [-0.15, -0.1) is 0 Å². The molecule has 0 unspecified atom stereocenters. The van der Waals surface area contributed by atoms with Crippen molar-refractivity contribution >= 4 is 23.4 Å². The van der Waals surface area contributed by atoms with Gasteiger partial charge < -0.3 is 0 Å². The van der Waals surface area contributed by atoms with E-state index < -0.39 is 0 Å². The molecule has 116 valence electrons. The van der Waals surface area contributed by atoms with E-state index in [1.54, 1.807) is 29.1 Å². The molecule has 0 aliphatic rings. The second-order valence-corrected chi connectivity index (χ2v) is 6.57. The van der Waals surface area contributed by atoms with Gasteiger partial charge in [0.15, 0.2) is 5.03 Å². The number of hydrogen-bond acceptors (Lipinski definition) is 3. The topological polar surface area (TPSA) is 34.9 Å². The highest BCUT2D eigenvalue weighted by Crippen LogP contribution is 2.19. The minimum Gasteiger partial charge on any atom is -0.280 e. The minimum atomic E-state index is -0.132. The molecular weight excluding hydrogens is 328 g/mol. The van der Waals surface area contributed by atoms with Crippen molar-refractivity contribution in [3.05, 3.63) is 87.4 Å². The minimum absolute atomic E-state index is 0.132. The molecule has 3 aromatic rings. The lowest BCUT2D eigenvalue weighted by molar-refractivity contribution is 0.882. The molecule has 23 heavy (non-hydrogen) atoms. The van der Waals surface area contributed by atoms with Gasteiger partial charge in [-0.05, 0) is 30.7 Å². The molecule has 0 radical (unpaired) electrons. The summed E-state index contributed by atoms with van der Waals surface area (Å²) in [6.07, 6.45) is 3.30. The van der Waals surface area contributed by atoms with Crippen molar-refractivity contribution < 1.29 is 0 Å². The summed E-state index contributed by atoms with van der Waals surface area (Å²) in [4.78, 5) is 16.8. The first kappa shape index (κ1) is 15.8. The summed E-state index contributed by atoms with van der Waals surface area (Å²) in [7, 11) is 0. The maximum absolute atomic E-state index is 12.6. The van der Waals surface area contributed by atoms with Gasteiger partial charge in [-0.2, -0.15) is 0 Å². The molecule has 0 aliphatic heterocycles. The predicted octanol–water partition coefficient (Wildman–Crippen LogP) is 4.49. The summed E-state index contributed by atoms with van der Waals surface area (Å²) in [5.74, 6) is 0.712. The van der Waals surface area contributed by atoms with E-state index in [0.29, 0.717) is 15.8 Å². The summed E-state index contributed by atoms with van der Waals surface area (Å²) in [5.41, 5.74) is 2.99. The summed E-state index contributed by atoms with van der Waals surface area (Å²) in [6.45, 7) is 2.06. The molecule has 0 fully saturated rings. The molecule has 0 atom stereocenters. The monoisotopic (exact) mass is 342 g/mol. The van der Waals surface area contributed by atoms with Crippen LogP contribution in [-0.4, -0.2) is 9.55 Å². The molecule has 0 saturated carbocycles. The van der Waals surface area contributed by atoms with E-state index in [0.717, 1.165) is 5.69 Å². The smallest absolute Gasteiger partial charge is 0.280 e. The molecule has 0 bridgehead atoms. The van der Waals surface area contributed by atoms with E-state index in [1.165, 1.54) is 22.9 Å². The van der Waals surface area contributed by atoms with Crippen LogP contribution in [-0.2, 0) is 5.75 Å². The van der Waals surface area contributed by atoms with Crippen LogP contribution in [0.3, 0.4) is 0 Å². The maximum Gasteiger partial charge on any atom is 0.287 e.